The fraction of sp³-hybridized carbons (Fsp3) is 0.474. The second-order valence-electron chi connectivity index (χ2n) is 6.56. The van der Waals surface area contributed by atoms with Gasteiger partial charge in [-0.25, -0.2) is 4.98 Å². The fourth-order valence-corrected chi connectivity index (χ4v) is 3.56. The number of benzene rings is 1. The molecule has 1 aliphatic heterocycles. The van der Waals surface area contributed by atoms with Gasteiger partial charge < -0.3 is 14.8 Å². The summed E-state index contributed by atoms with van der Waals surface area (Å²) in [5.74, 6) is 1.44. The zero-order valence-electron chi connectivity index (χ0n) is 14.9. The van der Waals surface area contributed by atoms with Gasteiger partial charge in [0.1, 0.15) is 13.2 Å². The highest BCUT2D eigenvalue weighted by Gasteiger charge is 2.31. The van der Waals surface area contributed by atoms with Crippen molar-refractivity contribution in [3.8, 4) is 11.5 Å². The highest BCUT2D eigenvalue weighted by molar-refractivity contribution is 7.11. The molecule has 1 aromatic heterocycles. The predicted molar refractivity (Wildman–Crippen MR) is 98.7 cm³/mol. The number of thiazole rings is 1. The molecule has 0 aliphatic carbocycles. The summed E-state index contributed by atoms with van der Waals surface area (Å²) in [5.41, 5.74) is 0.268. The van der Waals surface area contributed by atoms with Crippen molar-refractivity contribution in [1.82, 2.24) is 10.3 Å². The summed E-state index contributed by atoms with van der Waals surface area (Å²) in [6.45, 7) is 7.65. The Morgan fingerprint density at radius 3 is 2.76 bits per heavy atom. The number of nitrogens with one attached hydrogen (secondary N) is 1. The van der Waals surface area contributed by atoms with Crippen molar-refractivity contribution in [2.45, 2.75) is 39.0 Å². The summed E-state index contributed by atoms with van der Waals surface area (Å²) in [6, 6.07) is 5.71. The van der Waals surface area contributed by atoms with Crippen LogP contribution < -0.4 is 14.8 Å². The first-order chi connectivity index (χ1) is 12.0. The van der Waals surface area contributed by atoms with Crippen LogP contribution in [0.3, 0.4) is 0 Å². The molecule has 6 heteroatoms. The Hall–Kier alpha value is -2.08. The third kappa shape index (κ3) is 3.95. The topological polar surface area (TPSA) is 60.5 Å². The van der Waals surface area contributed by atoms with Crippen molar-refractivity contribution in [2.75, 3.05) is 19.8 Å². The first-order valence-corrected chi connectivity index (χ1v) is 9.44. The van der Waals surface area contributed by atoms with Gasteiger partial charge in [-0.15, -0.1) is 11.3 Å². The second-order valence-corrected chi connectivity index (χ2v) is 7.76. The van der Waals surface area contributed by atoms with E-state index >= 15 is 0 Å². The van der Waals surface area contributed by atoms with Gasteiger partial charge >= 0.3 is 0 Å². The molecule has 1 amide bonds. The first-order valence-electron chi connectivity index (χ1n) is 8.62. The normalized spacial score (nSPS) is 13.6. The number of carbonyl (C=O) groups is 1. The van der Waals surface area contributed by atoms with Gasteiger partial charge in [0, 0.05) is 24.0 Å². The summed E-state index contributed by atoms with van der Waals surface area (Å²) in [7, 11) is 0. The maximum atomic E-state index is 12.7. The molecule has 1 aromatic carbocycles. The lowest BCUT2D eigenvalue weighted by Crippen LogP contribution is -2.41. The summed E-state index contributed by atoms with van der Waals surface area (Å²) in [5, 5.41) is 4.10. The van der Waals surface area contributed by atoms with Gasteiger partial charge in [-0.05, 0) is 38.0 Å². The van der Waals surface area contributed by atoms with Crippen LogP contribution in [-0.4, -0.2) is 30.6 Å². The summed E-state index contributed by atoms with van der Waals surface area (Å²) in [6.07, 6.45) is 3.68. The zero-order chi connectivity index (χ0) is 17.9. The fourth-order valence-electron chi connectivity index (χ4n) is 2.69. The minimum atomic E-state index is -0.646. The number of rotatable bonds is 6. The molecular formula is C19H24N2O3S. The molecule has 2 heterocycles. The van der Waals surface area contributed by atoms with Gasteiger partial charge in [-0.3, -0.25) is 4.79 Å². The number of hydrogen-bond acceptors (Lipinski definition) is 5. The average Bonchev–Trinajstić information content (AvgIpc) is 3.09. The number of fused-ring (bicyclic) bond motifs is 1. The Balaban J connectivity index is 1.61. The largest absolute Gasteiger partial charge is 0.486 e. The molecule has 0 saturated heterocycles. The molecule has 0 unspecified atom stereocenters. The third-order valence-corrected chi connectivity index (χ3v) is 5.61. The molecule has 3 rings (SSSR count). The van der Waals surface area contributed by atoms with Crippen LogP contribution in [0.25, 0.3) is 0 Å². The van der Waals surface area contributed by atoms with E-state index in [4.69, 9.17) is 9.47 Å². The highest BCUT2D eigenvalue weighted by Crippen LogP contribution is 2.35. The Morgan fingerprint density at radius 1 is 1.28 bits per heavy atom. The monoisotopic (exact) mass is 360 g/mol. The number of ether oxygens (including phenoxy) is 2. The first kappa shape index (κ1) is 17.7. The molecule has 0 spiro atoms. The van der Waals surface area contributed by atoms with E-state index in [1.807, 2.05) is 38.2 Å². The van der Waals surface area contributed by atoms with E-state index in [2.05, 4.69) is 17.2 Å². The predicted octanol–water partition coefficient (Wildman–Crippen LogP) is 3.11. The molecule has 0 fully saturated rings. The maximum absolute atomic E-state index is 12.7. The van der Waals surface area contributed by atoms with Crippen LogP contribution in [0.5, 0.6) is 11.5 Å². The smallest absolute Gasteiger partial charge is 0.230 e. The molecule has 0 atom stereocenters. The quantitative estimate of drug-likeness (QED) is 0.860. The molecule has 0 radical (unpaired) electrons. The van der Waals surface area contributed by atoms with E-state index in [9.17, 15) is 4.79 Å². The van der Waals surface area contributed by atoms with Crippen LogP contribution in [0.1, 0.15) is 36.2 Å². The van der Waals surface area contributed by atoms with E-state index in [1.54, 1.807) is 11.3 Å². The highest BCUT2D eigenvalue weighted by atomic mass is 32.1. The third-order valence-electron chi connectivity index (χ3n) is 4.41. The van der Waals surface area contributed by atoms with Crippen LogP contribution >= 0.6 is 11.3 Å². The van der Waals surface area contributed by atoms with E-state index in [-0.39, 0.29) is 5.91 Å². The molecule has 1 aliphatic rings. The Morgan fingerprint density at radius 2 is 2.04 bits per heavy atom. The van der Waals surface area contributed by atoms with Gasteiger partial charge in [0.25, 0.3) is 0 Å². The lowest BCUT2D eigenvalue weighted by Gasteiger charge is -2.26. The maximum Gasteiger partial charge on any atom is 0.230 e. The van der Waals surface area contributed by atoms with Crippen molar-refractivity contribution >= 4 is 17.2 Å². The van der Waals surface area contributed by atoms with Gasteiger partial charge in [-0.2, -0.15) is 0 Å². The minimum absolute atomic E-state index is 0.00329. The van der Waals surface area contributed by atoms with Crippen LogP contribution in [0.4, 0.5) is 0 Å². The summed E-state index contributed by atoms with van der Waals surface area (Å²) in [4.78, 5) is 18.3. The minimum Gasteiger partial charge on any atom is -0.486 e. The molecule has 5 nitrogen and oxygen atoms in total. The SMILES string of the molecule is CCc1cnc(CCNC(=O)C(C)(C)c2ccc3c(c2)OCCO3)s1. The molecule has 134 valence electrons. The standard InChI is InChI=1S/C19H24N2O3S/c1-4-14-12-21-17(25-14)7-8-20-18(22)19(2,3)13-5-6-15-16(11-13)24-10-9-23-15/h5-6,11-12H,4,7-10H2,1-3H3,(H,20,22). The van der Waals surface area contributed by atoms with Crippen molar-refractivity contribution < 1.29 is 14.3 Å². The van der Waals surface area contributed by atoms with E-state index < -0.39 is 5.41 Å². The molecule has 2 aromatic rings. The molecule has 1 N–H and O–H groups in total. The van der Waals surface area contributed by atoms with Gasteiger partial charge in [-0.1, -0.05) is 13.0 Å². The second kappa shape index (κ2) is 7.44. The number of amides is 1. The zero-order valence-corrected chi connectivity index (χ0v) is 15.7. The van der Waals surface area contributed by atoms with Crippen molar-refractivity contribution in [1.29, 1.82) is 0 Å². The lowest BCUT2D eigenvalue weighted by molar-refractivity contribution is -0.125. The van der Waals surface area contributed by atoms with Crippen molar-refractivity contribution in [2.24, 2.45) is 0 Å². The van der Waals surface area contributed by atoms with Gasteiger partial charge in [0.2, 0.25) is 5.91 Å². The Bertz CT molecular complexity index is 755. The van der Waals surface area contributed by atoms with Crippen LogP contribution in [-0.2, 0) is 23.1 Å². The molecule has 0 saturated carbocycles. The number of aromatic nitrogens is 1. The van der Waals surface area contributed by atoms with Crippen molar-refractivity contribution in [3.63, 3.8) is 0 Å². The van der Waals surface area contributed by atoms with Crippen LogP contribution in [0.15, 0.2) is 24.4 Å². The van der Waals surface area contributed by atoms with Gasteiger partial charge in [0.15, 0.2) is 11.5 Å². The van der Waals surface area contributed by atoms with Gasteiger partial charge in [0.05, 0.1) is 10.4 Å². The molecule has 0 bridgehead atoms. The number of aryl methyl sites for hydroxylation is 1. The Kier molecular flexibility index (Phi) is 5.27. The van der Waals surface area contributed by atoms with E-state index in [0.29, 0.717) is 25.5 Å². The number of carbonyl (C=O) groups excluding carboxylic acids is 1. The molecule has 25 heavy (non-hydrogen) atoms. The Labute approximate surface area is 152 Å². The number of hydrogen-bond donors (Lipinski definition) is 1. The lowest BCUT2D eigenvalue weighted by atomic mass is 9.83. The van der Waals surface area contributed by atoms with E-state index in [1.165, 1.54) is 4.88 Å². The van der Waals surface area contributed by atoms with Crippen molar-refractivity contribution in [3.05, 3.63) is 39.8 Å². The van der Waals surface area contributed by atoms with E-state index in [0.717, 1.165) is 29.2 Å². The summed E-state index contributed by atoms with van der Waals surface area (Å²) < 4.78 is 11.2. The average molecular weight is 360 g/mol. The number of nitrogens with zero attached hydrogens (tertiary/aromatic N) is 1. The molecular weight excluding hydrogens is 336 g/mol. The van der Waals surface area contributed by atoms with Crippen LogP contribution in [0.2, 0.25) is 0 Å². The summed E-state index contributed by atoms with van der Waals surface area (Å²) >= 11 is 1.71. The van der Waals surface area contributed by atoms with Crippen LogP contribution in [0, 0.1) is 0 Å².